The first-order chi connectivity index (χ1) is 13.7. The van der Waals surface area contributed by atoms with Crippen molar-refractivity contribution in [1.29, 1.82) is 0 Å². The summed E-state index contributed by atoms with van der Waals surface area (Å²) in [6.07, 6.45) is 0. The minimum Gasteiger partial charge on any atom is -0.507 e. The Morgan fingerprint density at radius 1 is 0.724 bits per heavy atom. The van der Waals surface area contributed by atoms with Gasteiger partial charge in [0.15, 0.2) is 11.6 Å². The first kappa shape index (κ1) is 22.3. The van der Waals surface area contributed by atoms with Crippen molar-refractivity contribution in [3.05, 3.63) is 51.8 Å². The minimum absolute atomic E-state index is 0.0793. The second-order valence-electron chi connectivity index (χ2n) is 6.91. The van der Waals surface area contributed by atoms with Crippen LogP contribution in [0.3, 0.4) is 0 Å². The predicted molar refractivity (Wildman–Crippen MR) is 119 cm³/mol. The Balaban J connectivity index is 0.00000145. The Bertz CT molecular complexity index is 1010. The smallest absolute Gasteiger partial charge is 0.167 e. The fourth-order valence-electron chi connectivity index (χ4n) is 3.38. The Morgan fingerprint density at radius 3 is 1.76 bits per heavy atom. The number of rotatable bonds is 3. The summed E-state index contributed by atoms with van der Waals surface area (Å²) >= 11 is 0. The van der Waals surface area contributed by atoms with Gasteiger partial charge in [-0.05, 0) is 81.5 Å². The van der Waals surface area contributed by atoms with E-state index in [9.17, 15) is 5.11 Å². The molecule has 0 spiro atoms. The van der Waals surface area contributed by atoms with E-state index >= 15 is 0 Å². The molecule has 0 aliphatic rings. The van der Waals surface area contributed by atoms with Gasteiger partial charge in [0.1, 0.15) is 17.3 Å². The van der Waals surface area contributed by atoms with E-state index in [1.807, 2.05) is 20.8 Å². The van der Waals surface area contributed by atoms with Crippen LogP contribution in [0, 0.1) is 41.5 Å². The first-order valence-corrected chi connectivity index (χ1v) is 9.92. The molecule has 3 aromatic rings. The molecule has 1 heterocycles. The van der Waals surface area contributed by atoms with Crippen molar-refractivity contribution in [3.8, 4) is 34.3 Å². The van der Waals surface area contributed by atoms with Crippen molar-refractivity contribution in [3.63, 3.8) is 0 Å². The zero-order valence-corrected chi connectivity index (χ0v) is 18.9. The highest BCUT2D eigenvalue weighted by Gasteiger charge is 2.18. The summed E-state index contributed by atoms with van der Waals surface area (Å²) in [6, 6.07) is 5.10. The quantitative estimate of drug-likeness (QED) is 0.609. The maximum absolute atomic E-state index is 10.4. The van der Waals surface area contributed by atoms with E-state index < -0.39 is 0 Å². The summed E-state index contributed by atoms with van der Waals surface area (Å²) in [5.41, 5.74) is 7.73. The van der Waals surface area contributed by atoms with E-state index in [1.165, 1.54) is 27.8 Å². The van der Waals surface area contributed by atoms with Crippen LogP contribution in [0.1, 0.15) is 47.5 Å². The molecule has 2 aromatic carbocycles. The lowest BCUT2D eigenvalue weighted by Crippen LogP contribution is -2.05. The lowest BCUT2D eigenvalue weighted by Gasteiger charge is -2.18. The lowest BCUT2D eigenvalue weighted by molar-refractivity contribution is 0.408. The number of phenols is 1. The second-order valence-corrected chi connectivity index (χ2v) is 6.91. The van der Waals surface area contributed by atoms with Gasteiger partial charge < -0.3 is 9.84 Å². The molecule has 0 unspecified atom stereocenters. The van der Waals surface area contributed by atoms with E-state index in [1.54, 1.807) is 25.3 Å². The normalized spacial score (nSPS) is 10.4. The molecule has 0 saturated heterocycles. The molecule has 0 radical (unpaired) electrons. The highest BCUT2D eigenvalue weighted by atomic mass is 16.5. The molecule has 1 N–H and O–H groups in total. The Labute approximate surface area is 173 Å². The summed E-state index contributed by atoms with van der Waals surface area (Å²) in [5.74, 6) is 2.36. The number of ether oxygens (including phenoxy) is 1. The summed E-state index contributed by atoms with van der Waals surface area (Å²) in [4.78, 5) is 13.7. The highest BCUT2D eigenvalue weighted by Crippen LogP contribution is 2.35. The second kappa shape index (κ2) is 9.03. The van der Waals surface area contributed by atoms with Crippen LogP contribution in [-0.2, 0) is 0 Å². The van der Waals surface area contributed by atoms with Crippen molar-refractivity contribution in [2.75, 3.05) is 7.11 Å². The van der Waals surface area contributed by atoms with Crippen LogP contribution in [-0.4, -0.2) is 27.2 Å². The third-order valence-electron chi connectivity index (χ3n) is 5.42. The number of phenolic OH excluding ortho intramolecular Hbond substituents is 1. The van der Waals surface area contributed by atoms with Crippen LogP contribution >= 0.6 is 0 Å². The maximum Gasteiger partial charge on any atom is 0.167 e. The number of methoxy groups -OCH3 is 1. The molecule has 0 atom stereocenters. The van der Waals surface area contributed by atoms with Crippen LogP contribution in [0.5, 0.6) is 11.5 Å². The zero-order valence-electron chi connectivity index (χ0n) is 18.9. The molecule has 0 amide bonds. The van der Waals surface area contributed by atoms with Crippen molar-refractivity contribution in [2.24, 2.45) is 0 Å². The van der Waals surface area contributed by atoms with Gasteiger partial charge in [-0.2, -0.15) is 0 Å². The first-order valence-electron chi connectivity index (χ1n) is 9.92. The monoisotopic (exact) mass is 393 g/mol. The van der Waals surface area contributed by atoms with Crippen LogP contribution in [0.4, 0.5) is 0 Å². The van der Waals surface area contributed by atoms with Crippen molar-refractivity contribution < 1.29 is 9.84 Å². The molecule has 3 rings (SSSR count). The maximum atomic E-state index is 10.4. The van der Waals surface area contributed by atoms with Gasteiger partial charge in [-0.15, -0.1) is 0 Å². The fourth-order valence-corrected chi connectivity index (χ4v) is 3.38. The molecule has 0 saturated carbocycles. The van der Waals surface area contributed by atoms with Crippen LogP contribution in [0.15, 0.2) is 18.2 Å². The summed E-state index contributed by atoms with van der Waals surface area (Å²) in [7, 11) is 1.56. The van der Waals surface area contributed by atoms with E-state index in [-0.39, 0.29) is 5.75 Å². The standard InChI is InChI=1S/C22H25N3O2.C2H6/c1-11-12(2)14(4)20(15(5)13(11)3)22-24-16(6)23-21(25-22)18-9-8-17(27-7)10-19(18)26;1-2/h8-10,26H,1-7H3;1-2H3. The summed E-state index contributed by atoms with van der Waals surface area (Å²) < 4.78 is 5.16. The molecule has 0 fully saturated rings. The topological polar surface area (TPSA) is 68.1 Å². The van der Waals surface area contributed by atoms with Gasteiger partial charge in [-0.3, -0.25) is 0 Å². The fraction of sp³-hybridized carbons (Fsp3) is 0.375. The molecule has 1 aromatic heterocycles. The molecule has 0 bridgehead atoms. The molecular weight excluding hydrogens is 362 g/mol. The Hall–Kier alpha value is -2.95. The molecule has 29 heavy (non-hydrogen) atoms. The SMILES string of the molecule is CC.COc1ccc(-c2nc(C)nc(-c3c(C)c(C)c(C)c(C)c3C)n2)c(O)c1. The van der Waals surface area contributed by atoms with Crippen LogP contribution in [0.25, 0.3) is 22.8 Å². The minimum atomic E-state index is 0.0793. The van der Waals surface area contributed by atoms with E-state index in [0.717, 1.165) is 5.56 Å². The third kappa shape index (κ3) is 4.24. The molecule has 0 aliphatic carbocycles. The van der Waals surface area contributed by atoms with E-state index in [2.05, 4.69) is 44.6 Å². The molecule has 5 nitrogen and oxygen atoms in total. The predicted octanol–water partition coefficient (Wildman–Crippen LogP) is 5.80. The van der Waals surface area contributed by atoms with Gasteiger partial charge in [0, 0.05) is 11.6 Å². The summed E-state index contributed by atoms with van der Waals surface area (Å²) in [6.45, 7) is 16.5. The summed E-state index contributed by atoms with van der Waals surface area (Å²) in [5, 5.41) is 10.4. The number of aromatic hydroxyl groups is 1. The average molecular weight is 394 g/mol. The van der Waals surface area contributed by atoms with Gasteiger partial charge in [-0.25, -0.2) is 15.0 Å². The molecule has 0 aliphatic heterocycles. The number of nitrogens with zero attached hydrogens (tertiary/aromatic N) is 3. The molecule has 154 valence electrons. The van der Waals surface area contributed by atoms with Gasteiger partial charge in [0.05, 0.1) is 12.7 Å². The third-order valence-corrected chi connectivity index (χ3v) is 5.42. The lowest BCUT2D eigenvalue weighted by atomic mass is 9.89. The number of aromatic nitrogens is 3. The van der Waals surface area contributed by atoms with Gasteiger partial charge >= 0.3 is 0 Å². The van der Waals surface area contributed by atoms with E-state index in [0.29, 0.717) is 28.8 Å². The number of benzene rings is 2. The van der Waals surface area contributed by atoms with Crippen molar-refractivity contribution in [2.45, 2.75) is 55.4 Å². The van der Waals surface area contributed by atoms with Gasteiger partial charge in [0.25, 0.3) is 0 Å². The van der Waals surface area contributed by atoms with Crippen LogP contribution in [0.2, 0.25) is 0 Å². The molecule has 5 heteroatoms. The number of aryl methyl sites for hydroxylation is 1. The molecular formula is C24H31N3O2. The zero-order chi connectivity index (χ0) is 21.9. The van der Waals surface area contributed by atoms with E-state index in [4.69, 9.17) is 9.72 Å². The Morgan fingerprint density at radius 2 is 1.24 bits per heavy atom. The van der Waals surface area contributed by atoms with Gasteiger partial charge in [-0.1, -0.05) is 13.8 Å². The van der Waals surface area contributed by atoms with Crippen molar-refractivity contribution in [1.82, 2.24) is 15.0 Å². The average Bonchev–Trinajstić information content (AvgIpc) is 2.72. The highest BCUT2D eigenvalue weighted by molar-refractivity contribution is 5.72. The Kier molecular flexibility index (Phi) is 6.96. The number of hydrogen-bond acceptors (Lipinski definition) is 5. The van der Waals surface area contributed by atoms with Crippen LogP contribution < -0.4 is 4.74 Å². The van der Waals surface area contributed by atoms with Gasteiger partial charge in [0.2, 0.25) is 0 Å². The van der Waals surface area contributed by atoms with Crippen molar-refractivity contribution >= 4 is 0 Å². The largest absolute Gasteiger partial charge is 0.507 e. The number of hydrogen-bond donors (Lipinski definition) is 1.